The molecule has 0 aliphatic carbocycles. The van der Waals surface area contributed by atoms with Crippen LogP contribution in [0.4, 0.5) is 0 Å². The number of phenols is 1. The third kappa shape index (κ3) is 16.2. The quantitative estimate of drug-likeness (QED) is 0.0444. The Morgan fingerprint density at radius 3 is 1.74 bits per heavy atom. The number of phenolic OH excluding ortho intramolecular Hbond substituents is 1. The lowest BCUT2D eigenvalue weighted by Gasteiger charge is -2.32. The number of nitrogens with one attached hydrogen (secondary N) is 6. The zero-order valence-corrected chi connectivity index (χ0v) is 38.4. The molecule has 2 saturated heterocycles. The first-order valence-electron chi connectivity index (χ1n) is 22.3. The van der Waals surface area contributed by atoms with E-state index < -0.39 is 145 Å². The Labute approximate surface area is 391 Å². The van der Waals surface area contributed by atoms with Crippen molar-refractivity contribution in [2.24, 2.45) is 5.92 Å². The number of nitrogens with zero attached hydrogens (tertiary/aromatic N) is 2. The molecule has 25 heteroatoms. The lowest BCUT2D eigenvalue weighted by atomic mass is 10.0. The summed E-state index contributed by atoms with van der Waals surface area (Å²) in [4.78, 5) is 144. The van der Waals surface area contributed by atoms with Gasteiger partial charge in [-0.15, -0.1) is 0 Å². The molecule has 0 unspecified atom stereocenters. The van der Waals surface area contributed by atoms with E-state index >= 15 is 0 Å². The number of carboxylic acid groups (broad SMARTS) is 3. The summed E-state index contributed by atoms with van der Waals surface area (Å²) < 4.78 is 0. The molecule has 1 aromatic rings. The SMILES string of the molecule is CC(C)[C@H](NC(=O)[C@H](CCC(=O)O)NC(=O)[C@H](C)NC(=O)[C@H](Cc1ccc(O)cc1)NC(=O)[C@H](CO)NC(=O)[C@@H]1CCCN1C(=O)[C@@H]1CCCN1C(=O)[C@H](C)NC(=O)[C@@H]([NH3+])CCC(=O)O)C(=O)O. The van der Waals surface area contributed by atoms with Gasteiger partial charge < -0.3 is 73.0 Å². The van der Waals surface area contributed by atoms with Crippen LogP contribution in [0.5, 0.6) is 5.75 Å². The summed E-state index contributed by atoms with van der Waals surface area (Å²) in [6, 6.07) is -6.14. The van der Waals surface area contributed by atoms with Gasteiger partial charge in [0.15, 0.2) is 6.04 Å². The molecule has 0 saturated carbocycles. The Balaban J connectivity index is 1.73. The molecule has 2 heterocycles. The van der Waals surface area contributed by atoms with Crippen LogP contribution in [0.2, 0.25) is 0 Å². The third-order valence-corrected chi connectivity index (χ3v) is 11.6. The van der Waals surface area contributed by atoms with Gasteiger partial charge in [0.05, 0.1) is 13.0 Å². The van der Waals surface area contributed by atoms with E-state index in [0.717, 1.165) is 0 Å². The standard InChI is InChI=1S/C43H63N9O16/c1-21(2)34(43(67)68)50-37(61)27(14-16-33(57)58)47-35(59)22(3)45-38(62)28(19-24-9-11-25(54)12-10-24)48-39(63)29(20-53)49-40(64)30-7-5-17-51(30)42(66)31-8-6-18-52(31)41(65)23(4)46-36(60)26(44)13-15-32(55)56/h9-12,21-23,26-31,34,53-54H,5-8,13-20,44H2,1-4H3,(H,45,62)(H,46,60)(H,47,59)(H,48,63)(H,49,64)(H,50,61)(H,55,56)(H,57,58)(H,67,68)/p+1/t22-,23-,26-,27-,28-,29-,30-,31-,34-/m0/s1. The van der Waals surface area contributed by atoms with Gasteiger partial charge in [-0.1, -0.05) is 26.0 Å². The van der Waals surface area contributed by atoms with Crippen LogP contribution in [0.15, 0.2) is 24.3 Å². The number of aliphatic hydroxyl groups excluding tert-OH is 1. The van der Waals surface area contributed by atoms with E-state index in [-0.39, 0.29) is 50.9 Å². The highest BCUT2D eigenvalue weighted by atomic mass is 16.4. The van der Waals surface area contributed by atoms with Crippen molar-refractivity contribution in [3.05, 3.63) is 29.8 Å². The highest BCUT2D eigenvalue weighted by Gasteiger charge is 2.44. The first kappa shape index (κ1) is 55.4. The molecule has 3 rings (SSSR count). The van der Waals surface area contributed by atoms with Crippen molar-refractivity contribution in [2.75, 3.05) is 19.7 Å². The van der Waals surface area contributed by atoms with E-state index in [1.807, 2.05) is 0 Å². The van der Waals surface area contributed by atoms with E-state index in [0.29, 0.717) is 18.4 Å². The second-order valence-corrected chi connectivity index (χ2v) is 17.2. The second kappa shape index (κ2) is 25.9. The molecule has 2 aliphatic heterocycles. The van der Waals surface area contributed by atoms with Crippen LogP contribution in [-0.2, 0) is 59.2 Å². The van der Waals surface area contributed by atoms with Crippen molar-refractivity contribution in [1.82, 2.24) is 41.7 Å². The molecule has 2 fully saturated rings. The maximum Gasteiger partial charge on any atom is 0.326 e. The van der Waals surface area contributed by atoms with E-state index in [9.17, 15) is 73.2 Å². The smallest absolute Gasteiger partial charge is 0.326 e. The Bertz CT molecular complexity index is 2030. The number of rotatable bonds is 25. The number of hydrogen-bond acceptors (Lipinski definition) is 13. The van der Waals surface area contributed by atoms with Crippen molar-refractivity contribution in [3.63, 3.8) is 0 Å². The van der Waals surface area contributed by atoms with E-state index in [2.05, 4.69) is 37.6 Å². The van der Waals surface area contributed by atoms with Crippen LogP contribution < -0.4 is 37.6 Å². The number of carbonyl (C=O) groups is 11. The molecule has 25 nitrogen and oxygen atoms in total. The van der Waals surface area contributed by atoms with Gasteiger partial charge in [-0.2, -0.15) is 0 Å². The number of aliphatic hydroxyl groups is 1. The summed E-state index contributed by atoms with van der Waals surface area (Å²) in [5.41, 5.74) is 4.06. The third-order valence-electron chi connectivity index (χ3n) is 11.6. The van der Waals surface area contributed by atoms with Gasteiger partial charge in [-0.3, -0.25) is 47.9 Å². The van der Waals surface area contributed by atoms with Gasteiger partial charge in [0.1, 0.15) is 54.1 Å². The summed E-state index contributed by atoms with van der Waals surface area (Å²) in [7, 11) is 0. The maximum atomic E-state index is 14.0. The predicted molar refractivity (Wildman–Crippen MR) is 234 cm³/mol. The summed E-state index contributed by atoms with van der Waals surface area (Å²) in [5.74, 6) is -11.0. The average Bonchev–Trinajstić information content (AvgIpc) is 3.98. The lowest BCUT2D eigenvalue weighted by molar-refractivity contribution is -0.405. The summed E-state index contributed by atoms with van der Waals surface area (Å²) >= 11 is 0. The molecule has 376 valence electrons. The van der Waals surface area contributed by atoms with Gasteiger partial charge in [-0.25, -0.2) is 4.79 Å². The molecule has 68 heavy (non-hydrogen) atoms. The minimum atomic E-state index is -1.67. The largest absolute Gasteiger partial charge is 0.508 e. The number of amides is 8. The number of aromatic hydroxyl groups is 1. The van der Waals surface area contributed by atoms with E-state index in [1.165, 1.54) is 61.8 Å². The number of carbonyl (C=O) groups excluding carboxylic acids is 8. The fourth-order valence-electron chi connectivity index (χ4n) is 7.64. The number of hydrogen-bond donors (Lipinski definition) is 12. The van der Waals surface area contributed by atoms with Gasteiger partial charge in [-0.05, 0) is 69.6 Å². The molecule has 1 aromatic carbocycles. The van der Waals surface area contributed by atoms with Crippen LogP contribution in [0.25, 0.3) is 0 Å². The summed E-state index contributed by atoms with van der Waals surface area (Å²) in [5, 5.41) is 62.2. The number of benzene rings is 1. The van der Waals surface area contributed by atoms with Crippen molar-refractivity contribution in [2.45, 2.75) is 140 Å². The summed E-state index contributed by atoms with van der Waals surface area (Å²) in [6.07, 6.45) is -0.392. The van der Waals surface area contributed by atoms with E-state index in [4.69, 9.17) is 5.11 Å². The van der Waals surface area contributed by atoms with Gasteiger partial charge in [0.25, 0.3) is 5.91 Å². The molecule has 2 aliphatic rings. The lowest BCUT2D eigenvalue weighted by Crippen LogP contribution is -2.68. The first-order valence-corrected chi connectivity index (χ1v) is 22.3. The highest BCUT2D eigenvalue weighted by molar-refractivity contribution is 5.98. The van der Waals surface area contributed by atoms with Gasteiger partial charge >= 0.3 is 17.9 Å². The average molecular weight is 963 g/mol. The fourth-order valence-corrected chi connectivity index (χ4v) is 7.64. The molecule has 9 atom stereocenters. The Kier molecular flexibility index (Phi) is 21.1. The van der Waals surface area contributed by atoms with Crippen LogP contribution in [-0.4, -0.2) is 175 Å². The van der Waals surface area contributed by atoms with Crippen LogP contribution in [0.1, 0.15) is 84.6 Å². The Morgan fingerprint density at radius 2 is 1.16 bits per heavy atom. The van der Waals surface area contributed by atoms with Crippen molar-refractivity contribution >= 4 is 65.2 Å². The van der Waals surface area contributed by atoms with Crippen LogP contribution >= 0.6 is 0 Å². The normalized spacial score (nSPS) is 18.7. The van der Waals surface area contributed by atoms with E-state index in [1.54, 1.807) is 0 Å². The monoisotopic (exact) mass is 962 g/mol. The summed E-state index contributed by atoms with van der Waals surface area (Å²) in [6.45, 7) is 5.04. The number of quaternary nitrogens is 1. The zero-order valence-electron chi connectivity index (χ0n) is 38.4. The van der Waals surface area contributed by atoms with Gasteiger partial charge in [0.2, 0.25) is 41.4 Å². The Morgan fingerprint density at radius 1 is 0.632 bits per heavy atom. The molecular formula is C43H64N9O16+. The van der Waals surface area contributed by atoms with Gasteiger partial charge in [0, 0.05) is 32.4 Å². The predicted octanol–water partition coefficient (Wildman–Crippen LogP) is -4.06. The minimum absolute atomic E-state index is 0.0528. The molecule has 0 spiro atoms. The topological polar surface area (TPSA) is 395 Å². The van der Waals surface area contributed by atoms with Crippen molar-refractivity contribution < 1.29 is 84.0 Å². The van der Waals surface area contributed by atoms with Crippen molar-refractivity contribution in [3.8, 4) is 5.75 Å². The number of likely N-dealkylation sites (tertiary alicyclic amines) is 2. The van der Waals surface area contributed by atoms with Crippen LogP contribution in [0, 0.1) is 5.92 Å². The number of aliphatic carboxylic acids is 3. The molecule has 0 radical (unpaired) electrons. The first-order chi connectivity index (χ1) is 31.9. The molecule has 14 N–H and O–H groups in total. The highest BCUT2D eigenvalue weighted by Crippen LogP contribution is 2.26. The van der Waals surface area contributed by atoms with Crippen LogP contribution in [0.3, 0.4) is 0 Å². The minimum Gasteiger partial charge on any atom is -0.508 e. The number of carboxylic acids is 3. The van der Waals surface area contributed by atoms with Crippen molar-refractivity contribution in [1.29, 1.82) is 0 Å². The zero-order chi connectivity index (χ0) is 51.0. The fraction of sp³-hybridized carbons (Fsp3) is 0.605. The molecule has 0 bridgehead atoms. The maximum absolute atomic E-state index is 14.0. The molecular weight excluding hydrogens is 899 g/mol. The Hall–Kier alpha value is -6.89. The molecule has 8 amide bonds. The molecule has 0 aromatic heterocycles. The second-order valence-electron chi connectivity index (χ2n) is 17.2.